The molecule has 0 unspecified atom stereocenters. The first-order valence-corrected chi connectivity index (χ1v) is 13.4. The minimum atomic E-state index is -3.29. The number of anilines is 3. The standard InChI is InChI=1S/C24H35N5O4S/c1-15(2)25-23(30)33-19-10-8-16(11-19)20-13-22(29(27-20)24(3,4)5)26-18-9-7-17-14-34(31,32)28(6)21(17)12-18/h7,9,12-13,15-16,19,26H,8,10-11,14H2,1-6H3,(H,25,30)/t16-,19+/m0/s1. The van der Waals surface area contributed by atoms with Crippen molar-refractivity contribution in [2.45, 2.75) is 83.2 Å². The number of sulfonamides is 1. The number of rotatable bonds is 5. The van der Waals surface area contributed by atoms with Crippen molar-refractivity contribution in [1.29, 1.82) is 0 Å². The molecule has 0 saturated heterocycles. The molecule has 2 N–H and O–H groups in total. The van der Waals surface area contributed by atoms with Crippen LogP contribution in [0, 0.1) is 0 Å². The molecule has 0 bridgehead atoms. The Bertz CT molecular complexity index is 1180. The van der Waals surface area contributed by atoms with Gasteiger partial charge < -0.3 is 15.4 Å². The highest BCUT2D eigenvalue weighted by Crippen LogP contribution is 2.39. The third kappa shape index (κ3) is 5.01. The Morgan fingerprint density at radius 2 is 1.94 bits per heavy atom. The fourth-order valence-corrected chi connectivity index (χ4v) is 5.88. The van der Waals surface area contributed by atoms with Gasteiger partial charge in [-0.15, -0.1) is 0 Å². The Morgan fingerprint density at radius 3 is 2.62 bits per heavy atom. The number of ether oxygens (including phenoxy) is 1. The van der Waals surface area contributed by atoms with E-state index in [0.717, 1.165) is 42.0 Å². The maximum atomic E-state index is 12.2. The zero-order valence-electron chi connectivity index (χ0n) is 20.8. The molecule has 0 spiro atoms. The summed E-state index contributed by atoms with van der Waals surface area (Å²) in [4.78, 5) is 12.0. The van der Waals surface area contributed by atoms with Crippen LogP contribution in [0.1, 0.15) is 71.1 Å². The summed E-state index contributed by atoms with van der Waals surface area (Å²) in [5.41, 5.74) is 3.01. The van der Waals surface area contributed by atoms with Gasteiger partial charge in [-0.25, -0.2) is 17.9 Å². The normalized spacial score (nSPS) is 21.6. The maximum absolute atomic E-state index is 12.2. The Labute approximate surface area is 201 Å². The first-order chi connectivity index (χ1) is 15.8. The first-order valence-electron chi connectivity index (χ1n) is 11.8. The molecular weight excluding hydrogens is 454 g/mol. The van der Waals surface area contributed by atoms with Crippen LogP contribution in [0.15, 0.2) is 24.3 Å². The van der Waals surface area contributed by atoms with E-state index >= 15 is 0 Å². The van der Waals surface area contributed by atoms with Gasteiger partial charge in [0.15, 0.2) is 0 Å². The number of alkyl carbamates (subject to hydrolysis) is 1. The summed E-state index contributed by atoms with van der Waals surface area (Å²) in [6.45, 7) is 10.1. The van der Waals surface area contributed by atoms with E-state index < -0.39 is 10.0 Å². The van der Waals surface area contributed by atoms with E-state index in [1.807, 2.05) is 36.7 Å². The number of carbonyl (C=O) groups is 1. The van der Waals surface area contributed by atoms with Gasteiger partial charge in [0.2, 0.25) is 10.0 Å². The van der Waals surface area contributed by atoms with E-state index in [-0.39, 0.29) is 35.4 Å². The van der Waals surface area contributed by atoms with E-state index in [1.165, 1.54) is 4.31 Å². The molecule has 9 nitrogen and oxygen atoms in total. The van der Waals surface area contributed by atoms with Gasteiger partial charge in [0.25, 0.3) is 0 Å². The molecular formula is C24H35N5O4S. The topological polar surface area (TPSA) is 106 Å². The molecule has 34 heavy (non-hydrogen) atoms. The summed E-state index contributed by atoms with van der Waals surface area (Å²) in [7, 11) is -1.70. The van der Waals surface area contributed by atoms with Crippen molar-refractivity contribution in [3.63, 3.8) is 0 Å². The molecule has 1 aliphatic heterocycles. The van der Waals surface area contributed by atoms with E-state index in [2.05, 4.69) is 37.5 Å². The number of amides is 1. The van der Waals surface area contributed by atoms with Crippen LogP contribution in [0.2, 0.25) is 0 Å². The Morgan fingerprint density at radius 1 is 1.21 bits per heavy atom. The molecule has 186 valence electrons. The van der Waals surface area contributed by atoms with Crippen molar-refractivity contribution in [2.24, 2.45) is 0 Å². The minimum absolute atomic E-state index is 0.0310. The quantitative estimate of drug-likeness (QED) is 0.644. The second-order valence-corrected chi connectivity index (χ2v) is 12.6. The van der Waals surface area contributed by atoms with Crippen LogP contribution < -0.4 is 14.9 Å². The molecule has 4 rings (SSSR count). The van der Waals surface area contributed by atoms with Crippen molar-refractivity contribution in [3.05, 3.63) is 35.5 Å². The number of aromatic nitrogens is 2. The van der Waals surface area contributed by atoms with E-state index in [4.69, 9.17) is 9.84 Å². The van der Waals surface area contributed by atoms with Gasteiger partial charge >= 0.3 is 6.09 Å². The number of carbonyl (C=O) groups excluding carboxylic acids is 1. The Hall–Kier alpha value is -2.75. The fourth-order valence-electron chi connectivity index (χ4n) is 4.58. The number of benzene rings is 1. The summed E-state index contributed by atoms with van der Waals surface area (Å²) >= 11 is 0. The highest BCUT2D eigenvalue weighted by molar-refractivity contribution is 7.92. The molecule has 2 aliphatic rings. The van der Waals surface area contributed by atoms with Crippen LogP contribution in [-0.4, -0.2) is 43.5 Å². The van der Waals surface area contributed by atoms with E-state index in [9.17, 15) is 13.2 Å². The predicted octanol–water partition coefficient (Wildman–Crippen LogP) is 4.43. The van der Waals surface area contributed by atoms with E-state index in [1.54, 1.807) is 7.05 Å². The van der Waals surface area contributed by atoms with E-state index in [0.29, 0.717) is 5.69 Å². The number of hydrogen-bond donors (Lipinski definition) is 2. The molecule has 2 heterocycles. The van der Waals surface area contributed by atoms with Crippen LogP contribution >= 0.6 is 0 Å². The largest absolute Gasteiger partial charge is 0.446 e. The summed E-state index contributed by atoms with van der Waals surface area (Å²) in [6, 6.07) is 7.73. The lowest BCUT2D eigenvalue weighted by Crippen LogP contribution is -2.33. The van der Waals surface area contributed by atoms with Gasteiger partial charge in [-0.2, -0.15) is 5.10 Å². The second kappa shape index (κ2) is 8.79. The Kier molecular flexibility index (Phi) is 6.30. The number of hydrogen-bond acceptors (Lipinski definition) is 6. The Balaban J connectivity index is 1.53. The third-order valence-electron chi connectivity index (χ3n) is 6.30. The van der Waals surface area contributed by atoms with Crippen LogP contribution in [-0.2, 0) is 26.1 Å². The highest BCUT2D eigenvalue weighted by atomic mass is 32.2. The summed E-state index contributed by atoms with van der Waals surface area (Å²) in [5.74, 6) is 1.08. The second-order valence-electron chi connectivity index (χ2n) is 10.6. The molecule has 1 amide bonds. The molecule has 2 aromatic rings. The monoisotopic (exact) mass is 489 g/mol. The minimum Gasteiger partial charge on any atom is -0.446 e. The number of nitrogens with one attached hydrogen (secondary N) is 2. The van der Waals surface area contributed by atoms with Gasteiger partial charge in [-0.05, 0) is 71.6 Å². The lowest BCUT2D eigenvalue weighted by atomic mass is 10.0. The van der Waals surface area contributed by atoms with Crippen LogP contribution in [0.25, 0.3) is 0 Å². The zero-order valence-corrected chi connectivity index (χ0v) is 21.6. The van der Waals surface area contributed by atoms with Gasteiger partial charge in [-0.3, -0.25) is 4.31 Å². The fraction of sp³-hybridized carbons (Fsp3) is 0.583. The van der Waals surface area contributed by atoms with Gasteiger partial charge in [0.05, 0.1) is 22.7 Å². The van der Waals surface area contributed by atoms with Crippen molar-refractivity contribution in [1.82, 2.24) is 15.1 Å². The molecule has 0 radical (unpaired) electrons. The number of nitrogens with zero attached hydrogens (tertiary/aromatic N) is 3. The SMILES string of the molecule is CC(C)NC(=O)O[C@@H]1CC[C@H](c2cc(Nc3ccc4c(c3)N(C)S(=O)(=O)C4)n(C(C)(C)C)n2)C1. The summed E-state index contributed by atoms with van der Waals surface area (Å²) < 4.78 is 33.4. The molecule has 2 atom stereocenters. The van der Waals surface area contributed by atoms with Crippen molar-refractivity contribution in [3.8, 4) is 0 Å². The van der Waals surface area contributed by atoms with Crippen molar-refractivity contribution < 1.29 is 17.9 Å². The van der Waals surface area contributed by atoms with Gasteiger partial charge in [-0.1, -0.05) is 6.07 Å². The van der Waals surface area contributed by atoms with Gasteiger partial charge in [0, 0.05) is 30.8 Å². The first kappa shape index (κ1) is 24.4. The third-order valence-corrected chi connectivity index (χ3v) is 8.01. The molecule has 1 aliphatic carbocycles. The summed E-state index contributed by atoms with van der Waals surface area (Å²) in [5, 5.41) is 11.2. The predicted molar refractivity (Wildman–Crippen MR) is 133 cm³/mol. The molecule has 1 aromatic carbocycles. The molecule has 10 heteroatoms. The average Bonchev–Trinajstić information content (AvgIpc) is 3.39. The summed E-state index contributed by atoms with van der Waals surface area (Å²) in [6.07, 6.45) is 1.98. The number of fused-ring (bicyclic) bond motifs is 1. The van der Waals surface area contributed by atoms with Crippen molar-refractivity contribution in [2.75, 3.05) is 16.7 Å². The lowest BCUT2D eigenvalue weighted by molar-refractivity contribution is 0.0981. The lowest BCUT2D eigenvalue weighted by Gasteiger charge is -2.23. The molecule has 1 saturated carbocycles. The van der Waals surface area contributed by atoms with Crippen LogP contribution in [0.5, 0.6) is 0 Å². The van der Waals surface area contributed by atoms with Crippen LogP contribution in [0.4, 0.5) is 22.0 Å². The molecule has 1 aromatic heterocycles. The molecule has 1 fully saturated rings. The maximum Gasteiger partial charge on any atom is 0.407 e. The highest BCUT2D eigenvalue weighted by Gasteiger charge is 2.33. The van der Waals surface area contributed by atoms with Crippen molar-refractivity contribution >= 4 is 33.3 Å². The smallest absolute Gasteiger partial charge is 0.407 e. The zero-order chi connectivity index (χ0) is 24.8. The van der Waals surface area contributed by atoms with Crippen LogP contribution in [0.3, 0.4) is 0 Å². The average molecular weight is 490 g/mol. The van der Waals surface area contributed by atoms with Gasteiger partial charge in [0.1, 0.15) is 11.9 Å².